The van der Waals surface area contributed by atoms with Crippen molar-refractivity contribution >= 4 is 17.6 Å². The average Bonchev–Trinajstić information content (AvgIpc) is 2.74. The molecule has 0 fully saturated rings. The number of nitrogens with two attached hydrogens (primary N) is 1. The normalized spacial score (nSPS) is 12.1. The Morgan fingerprint density at radius 2 is 2.05 bits per heavy atom. The summed E-state index contributed by atoms with van der Waals surface area (Å²) in [5.41, 5.74) is 0.463. The van der Waals surface area contributed by atoms with Gasteiger partial charge in [-0.2, -0.15) is 4.68 Å². The minimum atomic E-state index is -0.667. The van der Waals surface area contributed by atoms with E-state index in [1.54, 1.807) is 6.92 Å². The lowest BCUT2D eigenvalue weighted by Crippen LogP contribution is -2.42. The molecule has 0 radical (unpaired) electrons. The van der Waals surface area contributed by atoms with E-state index in [1.807, 2.05) is 31.2 Å². The van der Waals surface area contributed by atoms with E-state index in [4.69, 9.17) is 17.4 Å². The number of hydrogen-bond donors (Lipinski definition) is 2. The Morgan fingerprint density at radius 3 is 2.59 bits per heavy atom. The van der Waals surface area contributed by atoms with Crippen molar-refractivity contribution in [1.29, 1.82) is 0 Å². The lowest BCUT2D eigenvalue weighted by Gasteiger charge is -2.13. The number of carbonyl (C=O) groups excluding carboxylic acids is 1. The lowest BCUT2D eigenvalue weighted by atomic mass is 10.1. The van der Waals surface area contributed by atoms with Crippen LogP contribution in [0.3, 0.4) is 0 Å². The SMILES string of the molecule is Cc1nn(C(=O)NC(C)CCc2ccc(Cl)cc2)c(=O)n1N. The summed E-state index contributed by atoms with van der Waals surface area (Å²) in [5.74, 6) is 5.72. The third kappa shape index (κ3) is 3.67. The summed E-state index contributed by atoms with van der Waals surface area (Å²) in [6.07, 6.45) is 1.52. The molecule has 0 bridgehead atoms. The second kappa shape index (κ2) is 6.65. The predicted octanol–water partition coefficient (Wildman–Crippen LogP) is 1.30. The summed E-state index contributed by atoms with van der Waals surface area (Å²) in [6.45, 7) is 3.42. The third-order valence-corrected chi connectivity index (χ3v) is 3.57. The van der Waals surface area contributed by atoms with E-state index in [-0.39, 0.29) is 11.9 Å². The molecule has 3 N–H and O–H groups in total. The van der Waals surface area contributed by atoms with Crippen molar-refractivity contribution in [2.24, 2.45) is 0 Å². The standard InChI is InChI=1S/C14H18ClN5O2/c1-9(3-4-11-5-7-12(15)8-6-11)17-13(21)20-14(22)19(16)10(2)18-20/h5-9H,3-4,16H2,1-2H3,(H,17,21). The predicted molar refractivity (Wildman–Crippen MR) is 84.5 cm³/mol. The fourth-order valence-corrected chi connectivity index (χ4v) is 2.11. The van der Waals surface area contributed by atoms with Crippen LogP contribution in [0, 0.1) is 6.92 Å². The number of nitrogens with zero attached hydrogens (tertiary/aromatic N) is 3. The molecule has 0 aliphatic carbocycles. The number of nitrogens with one attached hydrogen (secondary N) is 1. The lowest BCUT2D eigenvalue weighted by molar-refractivity contribution is 0.234. The Kier molecular flexibility index (Phi) is 4.87. The van der Waals surface area contributed by atoms with Gasteiger partial charge in [-0.1, -0.05) is 23.7 Å². The van der Waals surface area contributed by atoms with Crippen molar-refractivity contribution in [2.45, 2.75) is 32.7 Å². The summed E-state index contributed by atoms with van der Waals surface area (Å²) < 4.78 is 1.56. The number of hydrogen-bond acceptors (Lipinski definition) is 4. The summed E-state index contributed by atoms with van der Waals surface area (Å²) >= 11 is 5.83. The Balaban J connectivity index is 1.92. The van der Waals surface area contributed by atoms with Gasteiger partial charge in [0, 0.05) is 11.1 Å². The van der Waals surface area contributed by atoms with Crippen LogP contribution in [0.1, 0.15) is 24.7 Å². The van der Waals surface area contributed by atoms with E-state index in [2.05, 4.69) is 10.4 Å². The van der Waals surface area contributed by atoms with Crippen LogP contribution < -0.4 is 16.8 Å². The first-order valence-corrected chi connectivity index (χ1v) is 7.25. The maximum atomic E-state index is 12.0. The van der Waals surface area contributed by atoms with Gasteiger partial charge in [0.15, 0.2) is 5.82 Å². The maximum Gasteiger partial charge on any atom is 0.373 e. The van der Waals surface area contributed by atoms with Crippen LogP contribution in [0.5, 0.6) is 0 Å². The van der Waals surface area contributed by atoms with Crippen LogP contribution >= 0.6 is 11.6 Å². The molecule has 0 saturated heterocycles. The molecule has 22 heavy (non-hydrogen) atoms. The molecule has 2 rings (SSSR count). The number of amides is 1. The number of carbonyl (C=O) groups is 1. The Morgan fingerprint density at radius 1 is 1.41 bits per heavy atom. The molecule has 8 heteroatoms. The largest absolute Gasteiger partial charge is 0.373 e. The van der Waals surface area contributed by atoms with Crippen LogP contribution in [-0.4, -0.2) is 26.5 Å². The Labute approximate surface area is 132 Å². The maximum absolute atomic E-state index is 12.0. The van der Waals surface area contributed by atoms with Gasteiger partial charge < -0.3 is 11.2 Å². The summed E-state index contributed by atoms with van der Waals surface area (Å²) in [6, 6.07) is 6.85. The van der Waals surface area contributed by atoms with Gasteiger partial charge in [-0.05, 0) is 44.4 Å². The zero-order chi connectivity index (χ0) is 16.3. The number of halogens is 1. The quantitative estimate of drug-likeness (QED) is 0.829. The van der Waals surface area contributed by atoms with Crippen molar-refractivity contribution < 1.29 is 4.79 Å². The molecule has 1 aromatic heterocycles. The van der Waals surface area contributed by atoms with Crippen LogP contribution in [0.4, 0.5) is 4.79 Å². The van der Waals surface area contributed by atoms with Crippen LogP contribution in [-0.2, 0) is 6.42 Å². The number of nitrogen functional groups attached to an aromatic ring is 1. The molecular formula is C14H18ClN5O2. The highest BCUT2D eigenvalue weighted by atomic mass is 35.5. The Bertz CT molecular complexity index is 720. The van der Waals surface area contributed by atoms with Crippen molar-refractivity contribution in [1.82, 2.24) is 19.8 Å². The first kappa shape index (κ1) is 16.1. The zero-order valence-electron chi connectivity index (χ0n) is 12.4. The average molecular weight is 324 g/mol. The fourth-order valence-electron chi connectivity index (χ4n) is 1.99. The first-order chi connectivity index (χ1) is 10.4. The van der Waals surface area contributed by atoms with Gasteiger partial charge in [-0.3, -0.25) is 0 Å². The highest BCUT2D eigenvalue weighted by Crippen LogP contribution is 2.11. The van der Waals surface area contributed by atoms with E-state index < -0.39 is 11.7 Å². The van der Waals surface area contributed by atoms with E-state index in [0.717, 1.165) is 27.8 Å². The minimum Gasteiger partial charge on any atom is -0.334 e. The first-order valence-electron chi connectivity index (χ1n) is 6.87. The van der Waals surface area contributed by atoms with Crippen molar-refractivity contribution in [2.75, 3.05) is 5.84 Å². The van der Waals surface area contributed by atoms with E-state index in [0.29, 0.717) is 5.02 Å². The van der Waals surface area contributed by atoms with Gasteiger partial charge in [0.25, 0.3) is 0 Å². The molecule has 0 spiro atoms. The molecule has 1 aromatic carbocycles. The third-order valence-electron chi connectivity index (χ3n) is 3.32. The molecule has 0 aliphatic rings. The highest BCUT2D eigenvalue weighted by Gasteiger charge is 2.16. The molecule has 1 amide bonds. The van der Waals surface area contributed by atoms with Crippen molar-refractivity contribution in [3.8, 4) is 0 Å². The molecule has 1 atom stereocenters. The molecule has 0 saturated carbocycles. The molecule has 118 valence electrons. The van der Waals surface area contributed by atoms with Gasteiger partial charge in [-0.25, -0.2) is 9.59 Å². The van der Waals surface area contributed by atoms with Crippen molar-refractivity contribution in [3.63, 3.8) is 0 Å². The highest BCUT2D eigenvalue weighted by molar-refractivity contribution is 6.30. The van der Waals surface area contributed by atoms with E-state index >= 15 is 0 Å². The minimum absolute atomic E-state index is 0.113. The van der Waals surface area contributed by atoms with Crippen molar-refractivity contribution in [3.05, 3.63) is 51.2 Å². The second-order valence-electron chi connectivity index (χ2n) is 5.13. The van der Waals surface area contributed by atoms with E-state index in [9.17, 15) is 9.59 Å². The van der Waals surface area contributed by atoms with E-state index in [1.165, 1.54) is 0 Å². The van der Waals surface area contributed by atoms with Gasteiger partial charge in [0.1, 0.15) is 0 Å². The summed E-state index contributed by atoms with van der Waals surface area (Å²) in [4.78, 5) is 23.7. The summed E-state index contributed by atoms with van der Waals surface area (Å²) in [7, 11) is 0. The smallest absolute Gasteiger partial charge is 0.334 e. The number of aryl methyl sites for hydroxylation is 2. The summed E-state index contributed by atoms with van der Waals surface area (Å²) in [5, 5.41) is 7.22. The topological polar surface area (TPSA) is 94.9 Å². The molecule has 0 aliphatic heterocycles. The molecule has 2 aromatic rings. The van der Waals surface area contributed by atoms with Crippen LogP contribution in [0.2, 0.25) is 5.02 Å². The number of benzene rings is 1. The van der Waals surface area contributed by atoms with Crippen LogP contribution in [0.25, 0.3) is 0 Å². The molecule has 7 nitrogen and oxygen atoms in total. The molecule has 1 heterocycles. The molecular weight excluding hydrogens is 306 g/mol. The van der Waals surface area contributed by atoms with Gasteiger partial charge >= 0.3 is 11.7 Å². The van der Waals surface area contributed by atoms with Gasteiger partial charge in [-0.15, -0.1) is 9.78 Å². The number of aromatic nitrogens is 3. The van der Waals surface area contributed by atoms with Crippen LogP contribution in [0.15, 0.2) is 29.1 Å². The van der Waals surface area contributed by atoms with Gasteiger partial charge in [0.2, 0.25) is 0 Å². The second-order valence-corrected chi connectivity index (χ2v) is 5.56. The molecule has 1 unspecified atom stereocenters. The van der Waals surface area contributed by atoms with Gasteiger partial charge in [0.05, 0.1) is 0 Å². The number of rotatable bonds is 4. The fraction of sp³-hybridized carbons (Fsp3) is 0.357. The zero-order valence-corrected chi connectivity index (χ0v) is 13.2. The Hall–Kier alpha value is -2.28. The monoisotopic (exact) mass is 323 g/mol.